The first-order valence-electron chi connectivity index (χ1n) is 11.3. The molecule has 0 aliphatic rings. The monoisotopic (exact) mass is 491 g/mol. The number of benzene rings is 3. The third-order valence-corrected chi connectivity index (χ3v) is 5.22. The van der Waals surface area contributed by atoms with E-state index in [2.05, 4.69) is 16.0 Å². The highest BCUT2D eigenvalue weighted by Gasteiger charge is 2.11. The zero-order chi connectivity index (χ0) is 24.9. The molecule has 2 amide bonds. The predicted octanol–water partition coefficient (Wildman–Crippen LogP) is 4.20. The van der Waals surface area contributed by atoms with E-state index in [-0.39, 0.29) is 16.9 Å². The molecule has 3 aromatic rings. The number of nitrogens with one attached hydrogen (secondary N) is 3. The number of ether oxygens (including phenoxy) is 2. The van der Waals surface area contributed by atoms with Crippen LogP contribution in [0.15, 0.2) is 78.9 Å². The Morgan fingerprint density at radius 1 is 0.857 bits per heavy atom. The molecule has 0 unspecified atom stereocenters. The van der Waals surface area contributed by atoms with Crippen molar-refractivity contribution in [1.29, 1.82) is 0 Å². The summed E-state index contributed by atoms with van der Waals surface area (Å²) in [6.07, 6.45) is 1.51. The number of carbonyl (C=O) groups excluding carboxylic acids is 2. The van der Waals surface area contributed by atoms with Gasteiger partial charge in [0.15, 0.2) is 5.11 Å². The first-order valence-corrected chi connectivity index (χ1v) is 11.7. The average Bonchev–Trinajstić information content (AvgIpc) is 2.87. The Hall–Kier alpha value is -3.75. The molecule has 0 saturated carbocycles. The highest BCUT2D eigenvalue weighted by atomic mass is 32.1. The van der Waals surface area contributed by atoms with Gasteiger partial charge in [-0.2, -0.15) is 0 Å². The number of hydrogen-bond donors (Lipinski definition) is 3. The summed E-state index contributed by atoms with van der Waals surface area (Å²) >= 11 is 5.29. The Bertz CT molecular complexity index is 1140. The van der Waals surface area contributed by atoms with Gasteiger partial charge in [-0.05, 0) is 60.6 Å². The van der Waals surface area contributed by atoms with Crippen molar-refractivity contribution in [3.8, 4) is 5.75 Å². The number of carbonyl (C=O) groups is 2. The third kappa shape index (κ3) is 8.84. The van der Waals surface area contributed by atoms with Gasteiger partial charge in [-0.3, -0.25) is 14.9 Å². The van der Waals surface area contributed by atoms with Crippen LogP contribution in [0.25, 0.3) is 0 Å². The predicted molar refractivity (Wildman–Crippen MR) is 141 cm³/mol. The van der Waals surface area contributed by atoms with Crippen molar-refractivity contribution >= 4 is 34.8 Å². The molecule has 0 radical (unpaired) electrons. The molecule has 0 aliphatic carbocycles. The molecule has 0 atom stereocenters. The van der Waals surface area contributed by atoms with Crippen LogP contribution in [0, 0.1) is 0 Å². The van der Waals surface area contributed by atoms with Crippen molar-refractivity contribution < 1.29 is 19.1 Å². The Labute approximate surface area is 210 Å². The summed E-state index contributed by atoms with van der Waals surface area (Å²) in [6, 6.07) is 23.9. The molecule has 0 heterocycles. The summed E-state index contributed by atoms with van der Waals surface area (Å²) in [4.78, 5) is 25.0. The molecule has 0 aromatic heterocycles. The highest BCUT2D eigenvalue weighted by Crippen LogP contribution is 2.15. The number of rotatable bonds is 11. The lowest BCUT2D eigenvalue weighted by atomic mass is 10.1. The van der Waals surface area contributed by atoms with Gasteiger partial charge < -0.3 is 20.1 Å². The van der Waals surface area contributed by atoms with Gasteiger partial charge in [0.2, 0.25) is 0 Å². The second-order valence-corrected chi connectivity index (χ2v) is 8.11. The lowest BCUT2D eigenvalue weighted by Gasteiger charge is -2.12. The molecule has 3 rings (SSSR count). The Morgan fingerprint density at radius 2 is 1.60 bits per heavy atom. The van der Waals surface area contributed by atoms with Crippen LogP contribution < -0.4 is 20.7 Å². The summed E-state index contributed by atoms with van der Waals surface area (Å²) in [7, 11) is 1.62. The smallest absolute Gasteiger partial charge is 0.257 e. The summed E-state index contributed by atoms with van der Waals surface area (Å²) < 4.78 is 10.8. The van der Waals surface area contributed by atoms with Crippen LogP contribution in [0.4, 0.5) is 5.69 Å². The fourth-order valence-corrected chi connectivity index (χ4v) is 3.47. The SMILES string of the molecule is COCCCNC(=O)c1cccc(NC(=S)NC(=O)c2cccc(OCCc3ccccc3)c2)c1. The summed E-state index contributed by atoms with van der Waals surface area (Å²) in [6.45, 7) is 1.61. The minimum Gasteiger partial charge on any atom is -0.493 e. The van der Waals surface area contributed by atoms with E-state index in [4.69, 9.17) is 21.7 Å². The highest BCUT2D eigenvalue weighted by molar-refractivity contribution is 7.80. The van der Waals surface area contributed by atoms with Crippen LogP contribution in [0.2, 0.25) is 0 Å². The van der Waals surface area contributed by atoms with Crippen LogP contribution in [-0.4, -0.2) is 43.8 Å². The van der Waals surface area contributed by atoms with E-state index < -0.39 is 0 Å². The van der Waals surface area contributed by atoms with Gasteiger partial charge >= 0.3 is 0 Å². The first kappa shape index (κ1) is 25.9. The molecule has 0 spiro atoms. The maximum absolute atomic E-state index is 12.7. The van der Waals surface area contributed by atoms with Gasteiger partial charge in [0.05, 0.1) is 6.61 Å². The van der Waals surface area contributed by atoms with Gasteiger partial charge in [0, 0.05) is 43.5 Å². The number of methoxy groups -OCH3 is 1. The molecule has 0 fully saturated rings. The van der Waals surface area contributed by atoms with Crippen LogP contribution in [-0.2, 0) is 11.2 Å². The van der Waals surface area contributed by atoms with Crippen molar-refractivity contribution in [2.75, 3.05) is 32.2 Å². The largest absolute Gasteiger partial charge is 0.493 e. The van der Waals surface area contributed by atoms with E-state index in [0.29, 0.717) is 42.3 Å². The van der Waals surface area contributed by atoms with Crippen molar-refractivity contribution in [3.05, 3.63) is 95.6 Å². The van der Waals surface area contributed by atoms with E-state index >= 15 is 0 Å². The maximum atomic E-state index is 12.7. The fourth-order valence-electron chi connectivity index (χ4n) is 3.25. The minimum absolute atomic E-state index is 0.128. The van der Waals surface area contributed by atoms with Gasteiger partial charge in [-0.25, -0.2) is 0 Å². The molecule has 0 saturated heterocycles. The number of amides is 2. The third-order valence-electron chi connectivity index (χ3n) is 5.02. The minimum atomic E-state index is -0.358. The van der Waals surface area contributed by atoms with E-state index in [0.717, 1.165) is 12.8 Å². The summed E-state index contributed by atoms with van der Waals surface area (Å²) in [5.41, 5.74) is 2.70. The molecule has 8 heteroatoms. The Balaban J connectivity index is 1.50. The van der Waals surface area contributed by atoms with Crippen LogP contribution in [0.5, 0.6) is 5.75 Å². The lowest BCUT2D eigenvalue weighted by molar-refractivity contribution is 0.0946. The van der Waals surface area contributed by atoms with Gasteiger partial charge in [0.1, 0.15) is 5.75 Å². The average molecular weight is 492 g/mol. The van der Waals surface area contributed by atoms with Crippen LogP contribution >= 0.6 is 12.2 Å². The molecule has 7 nitrogen and oxygen atoms in total. The number of anilines is 1. The first-order chi connectivity index (χ1) is 17.0. The Morgan fingerprint density at radius 3 is 2.37 bits per heavy atom. The number of thiocarbonyl (C=S) groups is 1. The maximum Gasteiger partial charge on any atom is 0.257 e. The molecule has 3 N–H and O–H groups in total. The second kappa shape index (κ2) is 13.8. The normalized spacial score (nSPS) is 10.3. The molecule has 182 valence electrons. The van der Waals surface area contributed by atoms with E-state index in [9.17, 15) is 9.59 Å². The zero-order valence-electron chi connectivity index (χ0n) is 19.6. The summed E-state index contributed by atoms with van der Waals surface area (Å²) in [5, 5.41) is 8.58. The van der Waals surface area contributed by atoms with Gasteiger partial charge in [-0.15, -0.1) is 0 Å². The van der Waals surface area contributed by atoms with E-state index in [1.54, 1.807) is 49.6 Å². The molecule has 0 bridgehead atoms. The zero-order valence-corrected chi connectivity index (χ0v) is 20.4. The van der Waals surface area contributed by atoms with Gasteiger partial charge in [-0.1, -0.05) is 42.5 Å². The molecule has 3 aromatic carbocycles. The van der Waals surface area contributed by atoms with E-state index in [1.807, 2.05) is 36.4 Å². The lowest BCUT2D eigenvalue weighted by Crippen LogP contribution is -2.34. The topological polar surface area (TPSA) is 88.7 Å². The van der Waals surface area contributed by atoms with E-state index in [1.165, 1.54) is 5.56 Å². The summed E-state index contributed by atoms with van der Waals surface area (Å²) in [5.74, 6) is 0.0588. The van der Waals surface area contributed by atoms with Crippen molar-refractivity contribution in [2.24, 2.45) is 0 Å². The number of hydrogen-bond acceptors (Lipinski definition) is 5. The van der Waals surface area contributed by atoms with Crippen molar-refractivity contribution in [2.45, 2.75) is 12.8 Å². The quantitative estimate of drug-likeness (QED) is 0.275. The molecule has 0 aliphatic heterocycles. The van der Waals surface area contributed by atoms with Crippen LogP contribution in [0.1, 0.15) is 32.7 Å². The van der Waals surface area contributed by atoms with Gasteiger partial charge in [0.25, 0.3) is 11.8 Å². The van der Waals surface area contributed by atoms with Crippen LogP contribution in [0.3, 0.4) is 0 Å². The standard InChI is InChI=1S/C27H29N3O4S/c1-33-16-7-15-28-25(31)21-10-5-12-23(18-21)29-27(35)30-26(32)22-11-6-13-24(19-22)34-17-14-20-8-3-2-4-9-20/h2-6,8-13,18-19H,7,14-17H2,1H3,(H,28,31)(H2,29,30,32,35). The van der Waals surface area contributed by atoms with Crippen molar-refractivity contribution in [1.82, 2.24) is 10.6 Å². The molecular weight excluding hydrogens is 462 g/mol. The fraction of sp³-hybridized carbons (Fsp3) is 0.222. The molecular formula is C27H29N3O4S. The Kier molecular flexibility index (Phi) is 10.2. The molecule has 35 heavy (non-hydrogen) atoms. The second-order valence-electron chi connectivity index (χ2n) is 7.70. The van der Waals surface area contributed by atoms with Crippen molar-refractivity contribution in [3.63, 3.8) is 0 Å².